The lowest BCUT2D eigenvalue weighted by Crippen LogP contribution is -2.54. The molecule has 0 heterocycles. The molecule has 4 saturated carbocycles. The van der Waals surface area contributed by atoms with Crippen molar-refractivity contribution in [2.45, 2.75) is 55.2 Å². The minimum absolute atomic E-state index is 0.109. The highest BCUT2D eigenvalue weighted by Gasteiger charge is 2.59. The minimum atomic E-state index is -5.00. The van der Waals surface area contributed by atoms with Crippen LogP contribution >= 0.6 is 10.8 Å². The Kier molecular flexibility index (Phi) is 5.28. The van der Waals surface area contributed by atoms with Gasteiger partial charge in [0.25, 0.3) is 0 Å². The summed E-state index contributed by atoms with van der Waals surface area (Å²) in [7, 11) is -2.66. The average molecular weight is 460 g/mol. The Morgan fingerprint density at radius 2 is 1.73 bits per heavy atom. The average Bonchev–Trinajstić information content (AvgIpc) is 2.56. The number of carboxylic acids is 1. The predicted octanol–water partition coefficient (Wildman–Crippen LogP) is 3.83. The maximum absolute atomic E-state index is 13.3. The van der Waals surface area contributed by atoms with Crippen molar-refractivity contribution in [2.24, 2.45) is 17.3 Å². The second-order valence-corrected chi connectivity index (χ2v) is 13.6. The molecule has 4 aliphatic rings. The van der Waals surface area contributed by atoms with E-state index in [0.717, 1.165) is 23.3 Å². The Morgan fingerprint density at radius 1 is 1.13 bits per heavy atom. The van der Waals surface area contributed by atoms with E-state index in [-0.39, 0.29) is 24.0 Å². The van der Waals surface area contributed by atoms with Crippen molar-refractivity contribution in [2.75, 3.05) is 0 Å². The van der Waals surface area contributed by atoms with Crippen molar-refractivity contribution in [1.82, 2.24) is 0 Å². The molecular formula is C21H22F3O4S2-. The molecule has 4 bridgehead atoms. The molecule has 0 N–H and O–H groups in total. The monoisotopic (exact) mass is 459 g/mol. The Hall–Kier alpha value is -1.48. The van der Waals surface area contributed by atoms with Gasteiger partial charge < -0.3 is 9.90 Å². The number of rotatable bonds is 6. The summed E-state index contributed by atoms with van der Waals surface area (Å²) in [6.07, 6.45) is -0.813. The van der Waals surface area contributed by atoms with Crippen molar-refractivity contribution in [3.63, 3.8) is 0 Å². The highest BCUT2D eigenvalue weighted by molar-refractivity contribution is 8.72. The van der Waals surface area contributed by atoms with Gasteiger partial charge >= 0.3 is 6.18 Å². The van der Waals surface area contributed by atoms with Gasteiger partial charge in [-0.05, 0) is 72.1 Å². The lowest BCUT2D eigenvalue weighted by Gasteiger charge is -2.61. The Morgan fingerprint density at radius 3 is 2.27 bits per heavy atom. The zero-order valence-corrected chi connectivity index (χ0v) is 17.8. The molecule has 2 unspecified atom stereocenters. The van der Waals surface area contributed by atoms with Crippen molar-refractivity contribution < 1.29 is 31.5 Å². The van der Waals surface area contributed by atoms with Crippen molar-refractivity contribution in [3.8, 4) is 0 Å². The van der Waals surface area contributed by atoms with Gasteiger partial charge in [-0.25, -0.2) is 8.42 Å². The van der Waals surface area contributed by atoms with Gasteiger partial charge in [0, 0.05) is 4.75 Å². The lowest BCUT2D eigenvalue weighted by molar-refractivity contribution is -0.303. The number of hydrogen-bond donors (Lipinski definition) is 0. The van der Waals surface area contributed by atoms with Crippen LogP contribution < -0.4 is 5.11 Å². The molecule has 1 aromatic rings. The molecule has 4 aliphatic carbocycles. The third-order valence-electron chi connectivity index (χ3n) is 6.52. The maximum Gasteiger partial charge on any atom is 0.417 e. The van der Waals surface area contributed by atoms with Crippen LogP contribution in [-0.2, 0) is 19.4 Å². The molecule has 4 fully saturated rings. The van der Waals surface area contributed by atoms with Gasteiger partial charge in [-0.1, -0.05) is 36.4 Å². The maximum atomic E-state index is 13.3. The smallest absolute Gasteiger partial charge is 0.417 e. The summed E-state index contributed by atoms with van der Waals surface area (Å²) in [6, 6.07) is 8.79. The molecule has 30 heavy (non-hydrogen) atoms. The Labute approximate surface area is 177 Å². The zero-order chi connectivity index (χ0) is 21.8. The number of carbonyl (C=O) groups is 1. The summed E-state index contributed by atoms with van der Waals surface area (Å²) in [6.45, 7) is 0. The van der Waals surface area contributed by atoms with Gasteiger partial charge in [0.2, 0.25) is 8.87 Å². The highest BCUT2D eigenvalue weighted by atomic mass is 33.1. The third-order valence-corrected chi connectivity index (χ3v) is 10.5. The van der Waals surface area contributed by atoms with Gasteiger partial charge in [-0.2, -0.15) is 13.2 Å². The predicted molar refractivity (Wildman–Crippen MR) is 106 cm³/mol. The summed E-state index contributed by atoms with van der Waals surface area (Å²) >= 11 is 0. The number of carboxylic acid groups (broad SMARTS) is 1. The van der Waals surface area contributed by atoms with E-state index in [1.165, 1.54) is 0 Å². The summed E-state index contributed by atoms with van der Waals surface area (Å²) < 4.78 is 65.0. The van der Waals surface area contributed by atoms with Gasteiger partial charge in [0.1, 0.15) is 0 Å². The molecule has 0 aromatic heterocycles. The number of aliphatic carboxylic acids is 1. The second-order valence-electron chi connectivity index (χ2n) is 9.12. The van der Waals surface area contributed by atoms with E-state index in [9.17, 15) is 31.5 Å². The van der Waals surface area contributed by atoms with Gasteiger partial charge in [0.05, 0.1) is 17.3 Å². The van der Waals surface area contributed by atoms with Crippen molar-refractivity contribution >= 4 is 25.6 Å². The number of alkyl halides is 3. The first-order valence-corrected chi connectivity index (χ1v) is 12.9. The first kappa shape index (κ1) is 21.7. The molecular weight excluding hydrogens is 437 g/mol. The largest absolute Gasteiger partial charge is 0.545 e. The van der Waals surface area contributed by atoms with E-state index in [2.05, 4.69) is 0 Å². The Balaban J connectivity index is 1.63. The van der Waals surface area contributed by atoms with Crippen LogP contribution in [0.5, 0.6) is 0 Å². The summed E-state index contributed by atoms with van der Waals surface area (Å²) in [4.78, 5) is 11.2. The van der Waals surface area contributed by atoms with E-state index in [4.69, 9.17) is 0 Å². The summed E-state index contributed by atoms with van der Waals surface area (Å²) in [5.74, 6) is -2.14. The molecule has 4 nitrogen and oxygen atoms in total. The number of allylic oxidation sites excluding steroid dienone is 1. The minimum Gasteiger partial charge on any atom is -0.545 e. The van der Waals surface area contributed by atoms with Crippen LogP contribution in [0.15, 0.2) is 42.0 Å². The molecule has 164 valence electrons. The molecule has 0 spiro atoms. The molecule has 0 saturated heterocycles. The van der Waals surface area contributed by atoms with E-state index >= 15 is 0 Å². The highest BCUT2D eigenvalue weighted by Crippen LogP contribution is 2.67. The van der Waals surface area contributed by atoms with Crippen LogP contribution in [0, 0.1) is 17.3 Å². The molecule has 0 amide bonds. The van der Waals surface area contributed by atoms with E-state index in [0.29, 0.717) is 31.2 Å². The van der Waals surface area contributed by atoms with Gasteiger partial charge in [-0.3, -0.25) is 0 Å². The Bertz CT molecular complexity index is 956. The fourth-order valence-corrected chi connectivity index (χ4v) is 11.1. The standard InChI is InChI=1S/C21H23F3O4S2/c22-21(23,24)17(18(25)26)11-19-7-15-6-16(8-19)10-20(9-15,13-19)29-30(27,28)12-14-4-2-1-3-5-14/h1-5,11,15-16H,6-10,12-13H2,(H,25,26)/p-1. The molecule has 0 radical (unpaired) electrons. The first-order chi connectivity index (χ1) is 13.9. The van der Waals surface area contributed by atoms with E-state index in [1.807, 2.05) is 0 Å². The second kappa shape index (κ2) is 7.29. The number of carbonyl (C=O) groups excluding carboxylic acids is 1. The normalized spacial score (nSPS) is 33.6. The van der Waals surface area contributed by atoms with Crippen molar-refractivity contribution in [3.05, 3.63) is 47.5 Å². The molecule has 5 rings (SSSR count). The molecule has 1 aromatic carbocycles. The fraction of sp³-hybridized carbons (Fsp3) is 0.571. The van der Waals surface area contributed by atoms with Crippen LogP contribution in [0.4, 0.5) is 13.2 Å². The quantitative estimate of drug-likeness (QED) is 0.478. The summed E-state index contributed by atoms with van der Waals surface area (Å²) in [5.41, 5.74) is -1.91. The summed E-state index contributed by atoms with van der Waals surface area (Å²) in [5, 5.41) is 11.2. The van der Waals surface area contributed by atoms with Gasteiger partial charge in [0.15, 0.2) is 0 Å². The van der Waals surface area contributed by atoms with Crippen LogP contribution in [0.1, 0.15) is 44.1 Å². The topological polar surface area (TPSA) is 74.3 Å². The van der Waals surface area contributed by atoms with Crippen molar-refractivity contribution in [1.29, 1.82) is 0 Å². The van der Waals surface area contributed by atoms with Crippen LogP contribution in [0.25, 0.3) is 0 Å². The number of benzene rings is 1. The molecule has 9 heteroatoms. The lowest BCUT2D eigenvalue weighted by atomic mass is 9.49. The van der Waals surface area contributed by atoms with E-state index in [1.54, 1.807) is 30.3 Å². The first-order valence-electron chi connectivity index (χ1n) is 9.88. The third kappa shape index (κ3) is 4.42. The number of hydrogen-bond acceptors (Lipinski definition) is 5. The number of halogens is 3. The van der Waals surface area contributed by atoms with Crippen LogP contribution in [0.2, 0.25) is 0 Å². The molecule has 0 aliphatic heterocycles. The zero-order valence-electron chi connectivity index (χ0n) is 16.2. The van der Waals surface area contributed by atoms with Crippen LogP contribution in [0.3, 0.4) is 0 Å². The van der Waals surface area contributed by atoms with Crippen LogP contribution in [-0.4, -0.2) is 25.3 Å². The van der Waals surface area contributed by atoms with Gasteiger partial charge in [-0.15, -0.1) is 0 Å². The SMILES string of the molecule is O=C([O-])C(=CC12CC3CC(C1)CC(SS(=O)(=O)Cc1ccccc1)(C3)C2)C(F)(F)F. The van der Waals surface area contributed by atoms with E-state index < -0.39 is 36.7 Å². The fourth-order valence-electron chi connectivity index (χ4n) is 6.15. The molecule has 2 atom stereocenters.